The quantitative estimate of drug-likeness (QED) is 0.0715. The molecule has 0 saturated carbocycles. The molecule has 0 atom stereocenters. The van der Waals surface area contributed by atoms with Gasteiger partial charge in [0, 0.05) is 31.2 Å². The predicted molar refractivity (Wildman–Crippen MR) is 226 cm³/mol. The summed E-state index contributed by atoms with van der Waals surface area (Å²) in [5.41, 5.74) is -18.4. The van der Waals surface area contributed by atoms with Crippen molar-refractivity contribution in [2.75, 3.05) is 33.1 Å². The molecule has 370 valence electrons. The van der Waals surface area contributed by atoms with Gasteiger partial charge < -0.3 is 13.2 Å². The molecule has 12 nitrogen and oxygen atoms in total. The van der Waals surface area contributed by atoms with Crippen LogP contribution in [0.3, 0.4) is 0 Å². The van der Waals surface area contributed by atoms with E-state index in [1.165, 1.54) is 28.1 Å². The summed E-state index contributed by atoms with van der Waals surface area (Å²) in [6, 6.07) is 39.7. The van der Waals surface area contributed by atoms with Crippen LogP contribution in [0.4, 0.5) is 64.1 Å². The molecule has 0 spiro atoms. The predicted octanol–water partition coefficient (Wildman–Crippen LogP) is 7.48. The molecular weight excluding hydrogens is 1040 g/mol. The van der Waals surface area contributed by atoms with Crippen LogP contribution in [0.2, 0.25) is 0 Å². The van der Waals surface area contributed by atoms with Gasteiger partial charge in [0.2, 0.25) is 0 Å². The molecule has 4 aromatic rings. The maximum Gasteiger partial charge on any atom is 1.00 e. The molecule has 0 N–H and O–H groups in total. The SMILES string of the molecule is CN(C)c1ccccc1.C[N+](C)(Cc1ccccc1)c1ccccc1.Cc1ccc(CCl)cc1.Cl.O=S(=O)([N-]S(=O)(=O)C(F)(F)F)C(F)(F)F.O=S(=O)([N-]S(=O)(=O)C(F)(F)F)C(F)(F)F.[Li+]. The van der Waals surface area contributed by atoms with Gasteiger partial charge in [0.1, 0.15) is 12.2 Å². The third-order valence-electron chi connectivity index (χ3n) is 6.99. The Morgan fingerprint density at radius 2 is 0.788 bits per heavy atom. The van der Waals surface area contributed by atoms with Crippen molar-refractivity contribution in [1.82, 2.24) is 4.48 Å². The normalized spacial score (nSPS) is 12.3. The minimum atomic E-state index is -6.72. The van der Waals surface area contributed by atoms with Crippen LogP contribution in [0.5, 0.6) is 0 Å². The van der Waals surface area contributed by atoms with E-state index in [-0.39, 0.29) is 31.3 Å². The summed E-state index contributed by atoms with van der Waals surface area (Å²) in [6.45, 7) is 3.09. The van der Waals surface area contributed by atoms with Crippen molar-refractivity contribution in [3.8, 4) is 0 Å². The van der Waals surface area contributed by atoms with Crippen LogP contribution in [0, 0.1) is 6.92 Å². The summed E-state index contributed by atoms with van der Waals surface area (Å²) in [7, 11) is -18.3. The van der Waals surface area contributed by atoms with Crippen molar-refractivity contribution >= 4 is 75.5 Å². The minimum absolute atomic E-state index is 0. The van der Waals surface area contributed by atoms with E-state index in [0.29, 0.717) is 5.88 Å². The van der Waals surface area contributed by atoms with Crippen LogP contribution in [-0.4, -0.2) is 83.9 Å². The number of nitrogens with zero attached hydrogens (tertiary/aromatic N) is 4. The van der Waals surface area contributed by atoms with Gasteiger partial charge in [-0.15, -0.1) is 24.0 Å². The zero-order chi connectivity index (χ0) is 50.2. The number of halogens is 14. The number of rotatable bonds is 9. The van der Waals surface area contributed by atoms with Crippen molar-refractivity contribution in [3.63, 3.8) is 0 Å². The second kappa shape index (κ2) is 27.0. The van der Waals surface area contributed by atoms with E-state index < -0.39 is 62.1 Å². The molecule has 0 aromatic heterocycles. The van der Waals surface area contributed by atoms with Gasteiger partial charge in [-0.1, -0.05) is 96.6 Å². The molecule has 0 heterocycles. The standard InChI is InChI=1S/C15H18N.C8H9Cl.C8H11N.2C2F6NO4S2.ClH.Li/c1-16(2,15-11-7-4-8-12-15)13-14-9-5-3-6-10-14;1-7-2-4-8(6-9)5-3-7;1-9(2)8-6-4-3-5-7-8;2*3-1(4,5)14(10,11)9-15(12,13)2(6,7)8;;/h3-12H,13H2,1-2H3;2-5H,6H2,1H3;3-7H,1-2H3;;;1H;/q+1;;;2*-1;;+1. The molecule has 0 bridgehead atoms. The van der Waals surface area contributed by atoms with Crippen LogP contribution in [-0.2, 0) is 52.5 Å². The van der Waals surface area contributed by atoms with E-state index in [1.54, 1.807) is 0 Å². The molecular formula is C35H39Cl2F12LiN4O8S4. The molecule has 4 rings (SSSR count). The summed E-state index contributed by atoms with van der Waals surface area (Å²) in [6.07, 6.45) is 0. The summed E-state index contributed by atoms with van der Waals surface area (Å²) in [4.78, 5) is 2.08. The Hall–Kier alpha value is -3.30. The number of para-hydroxylation sites is 2. The van der Waals surface area contributed by atoms with Crippen molar-refractivity contribution in [3.05, 3.63) is 140 Å². The number of benzene rings is 4. The summed E-state index contributed by atoms with van der Waals surface area (Å²) >= 11 is 5.58. The third-order valence-corrected chi connectivity index (χ3v) is 12.8. The number of hydrogen-bond donors (Lipinski definition) is 0. The third kappa shape index (κ3) is 23.6. The largest absolute Gasteiger partial charge is 1.00 e. The monoisotopic (exact) mass is 1080 g/mol. The fraction of sp³-hybridized carbons (Fsp3) is 0.314. The average Bonchev–Trinajstić information content (AvgIpc) is 3.15. The Bertz CT molecular complexity index is 2310. The molecule has 0 fully saturated rings. The van der Waals surface area contributed by atoms with Gasteiger partial charge in [-0.2, -0.15) is 52.7 Å². The molecule has 4 aromatic carbocycles. The fourth-order valence-electron chi connectivity index (χ4n) is 3.79. The molecule has 0 aliphatic carbocycles. The van der Waals surface area contributed by atoms with Crippen LogP contribution in [0.15, 0.2) is 115 Å². The smallest absolute Gasteiger partial charge is 0.421 e. The van der Waals surface area contributed by atoms with E-state index in [9.17, 15) is 86.4 Å². The molecule has 0 aliphatic rings. The topological polar surface area (TPSA) is 168 Å². The maximum atomic E-state index is 11.4. The van der Waals surface area contributed by atoms with Gasteiger partial charge in [-0.3, -0.25) is 4.48 Å². The van der Waals surface area contributed by atoms with Gasteiger partial charge in [0.05, 0.1) is 14.1 Å². The second-order valence-corrected chi connectivity index (χ2v) is 20.0. The first-order valence-electron chi connectivity index (χ1n) is 16.7. The minimum Gasteiger partial charge on any atom is -0.421 e. The van der Waals surface area contributed by atoms with Crippen molar-refractivity contribution in [2.45, 2.75) is 41.4 Å². The summed E-state index contributed by atoms with van der Waals surface area (Å²) in [5.74, 6) is 0.611. The number of alkyl halides is 13. The first kappa shape index (κ1) is 67.0. The molecule has 31 heteroatoms. The number of anilines is 1. The molecule has 0 amide bonds. The van der Waals surface area contributed by atoms with Gasteiger partial charge in [-0.25, -0.2) is 33.7 Å². The maximum absolute atomic E-state index is 11.4. The fourth-order valence-corrected chi connectivity index (χ4v) is 7.39. The van der Waals surface area contributed by atoms with E-state index in [0.717, 1.165) is 19.3 Å². The Kier molecular flexibility index (Phi) is 27.4. The van der Waals surface area contributed by atoms with Crippen molar-refractivity contribution < 1.29 is 105 Å². The van der Waals surface area contributed by atoms with Crippen LogP contribution in [0.1, 0.15) is 16.7 Å². The van der Waals surface area contributed by atoms with Gasteiger partial charge in [-0.05, 0) is 36.8 Å². The first-order chi connectivity index (χ1) is 28.7. The number of quaternary nitrogens is 1. The number of hydrogen-bond acceptors (Lipinski definition) is 9. The zero-order valence-electron chi connectivity index (χ0n) is 34.9. The van der Waals surface area contributed by atoms with Crippen molar-refractivity contribution in [2.24, 2.45) is 0 Å². The summed E-state index contributed by atoms with van der Waals surface area (Å²) in [5, 5.41) is 0. The molecule has 0 aliphatic heterocycles. The van der Waals surface area contributed by atoms with Crippen molar-refractivity contribution in [1.29, 1.82) is 0 Å². The first-order valence-corrected chi connectivity index (χ1v) is 23.0. The van der Waals surface area contributed by atoms with E-state index in [1.807, 2.05) is 44.4 Å². The molecule has 0 unspecified atom stereocenters. The molecule has 66 heavy (non-hydrogen) atoms. The number of aryl methyl sites for hydroxylation is 1. The van der Waals surface area contributed by atoms with E-state index in [4.69, 9.17) is 11.6 Å². The zero-order valence-corrected chi connectivity index (χ0v) is 39.7. The van der Waals surface area contributed by atoms with Crippen LogP contribution >= 0.6 is 24.0 Å². The Morgan fingerprint density at radius 3 is 1.05 bits per heavy atom. The van der Waals surface area contributed by atoms with Crippen LogP contribution < -0.4 is 28.2 Å². The number of sulfonamides is 4. The molecule has 0 radical (unpaired) electrons. The van der Waals surface area contributed by atoms with Gasteiger partial charge >= 0.3 is 40.9 Å². The Labute approximate surface area is 397 Å². The Balaban J connectivity index is -0.000000759. The second-order valence-electron chi connectivity index (χ2n) is 12.8. The van der Waals surface area contributed by atoms with Crippen LogP contribution in [0.25, 0.3) is 8.25 Å². The molecule has 0 saturated heterocycles. The van der Waals surface area contributed by atoms with Gasteiger partial charge in [0.15, 0.2) is 40.1 Å². The Morgan fingerprint density at radius 1 is 0.500 bits per heavy atom. The average molecular weight is 1080 g/mol. The van der Waals surface area contributed by atoms with E-state index >= 15 is 0 Å². The summed E-state index contributed by atoms with van der Waals surface area (Å²) < 4.78 is 219. The van der Waals surface area contributed by atoms with E-state index in [2.05, 4.69) is 111 Å². The van der Waals surface area contributed by atoms with Gasteiger partial charge in [0.25, 0.3) is 0 Å².